The number of likely N-dealkylation sites (tertiary alicyclic amines) is 1. The number of hydrogen-bond acceptors (Lipinski definition) is 3. The lowest BCUT2D eigenvalue weighted by Gasteiger charge is -2.37. The van der Waals surface area contributed by atoms with Crippen LogP contribution in [0.1, 0.15) is 39.5 Å². The van der Waals surface area contributed by atoms with E-state index in [0.717, 1.165) is 25.9 Å². The molecule has 0 aromatic carbocycles. The SMILES string of the molecule is CCC(C#N)(CC)C(=O)N1CCCC(COC)C1. The van der Waals surface area contributed by atoms with Crippen LogP contribution in [0.3, 0.4) is 0 Å². The summed E-state index contributed by atoms with van der Waals surface area (Å²) in [5.74, 6) is 0.425. The van der Waals surface area contributed by atoms with Crippen LogP contribution >= 0.6 is 0 Å². The van der Waals surface area contributed by atoms with Gasteiger partial charge in [0.25, 0.3) is 0 Å². The summed E-state index contributed by atoms with van der Waals surface area (Å²) in [6.07, 6.45) is 3.29. The number of rotatable bonds is 5. The van der Waals surface area contributed by atoms with E-state index in [1.807, 2.05) is 18.7 Å². The number of nitriles is 1. The molecule has 102 valence electrons. The Bertz CT molecular complexity index is 316. The van der Waals surface area contributed by atoms with Crippen molar-refractivity contribution in [2.45, 2.75) is 39.5 Å². The lowest BCUT2D eigenvalue weighted by atomic mass is 9.81. The molecule has 18 heavy (non-hydrogen) atoms. The Labute approximate surface area is 110 Å². The van der Waals surface area contributed by atoms with Gasteiger partial charge in [0.05, 0.1) is 12.7 Å². The third kappa shape index (κ3) is 3.02. The van der Waals surface area contributed by atoms with Gasteiger partial charge in [0, 0.05) is 20.2 Å². The van der Waals surface area contributed by atoms with E-state index in [4.69, 9.17) is 4.74 Å². The normalized spacial score (nSPS) is 20.6. The standard InChI is InChI=1S/C14H24N2O2/c1-4-14(5-2,11-15)13(17)16-8-6-7-12(9-16)10-18-3/h12H,4-10H2,1-3H3. The average Bonchev–Trinajstić information content (AvgIpc) is 2.42. The lowest BCUT2D eigenvalue weighted by Crippen LogP contribution is -2.48. The van der Waals surface area contributed by atoms with Gasteiger partial charge in [-0.15, -0.1) is 0 Å². The van der Waals surface area contributed by atoms with Crippen molar-refractivity contribution in [2.24, 2.45) is 11.3 Å². The van der Waals surface area contributed by atoms with Crippen LogP contribution in [-0.4, -0.2) is 37.6 Å². The molecular weight excluding hydrogens is 228 g/mol. The van der Waals surface area contributed by atoms with Gasteiger partial charge in [0.2, 0.25) is 5.91 Å². The maximum absolute atomic E-state index is 12.5. The molecule has 1 unspecified atom stereocenters. The molecule has 1 aliphatic rings. The van der Waals surface area contributed by atoms with E-state index in [0.29, 0.717) is 25.4 Å². The van der Waals surface area contributed by atoms with Gasteiger partial charge in [-0.05, 0) is 31.6 Å². The van der Waals surface area contributed by atoms with E-state index in [2.05, 4.69) is 6.07 Å². The van der Waals surface area contributed by atoms with Crippen molar-refractivity contribution in [3.63, 3.8) is 0 Å². The van der Waals surface area contributed by atoms with Crippen molar-refractivity contribution in [3.8, 4) is 6.07 Å². The Morgan fingerprint density at radius 2 is 2.17 bits per heavy atom. The van der Waals surface area contributed by atoms with Crippen LogP contribution in [0.5, 0.6) is 0 Å². The van der Waals surface area contributed by atoms with Crippen LogP contribution in [0.2, 0.25) is 0 Å². The van der Waals surface area contributed by atoms with Gasteiger partial charge in [0.15, 0.2) is 0 Å². The molecule has 0 radical (unpaired) electrons. The Morgan fingerprint density at radius 1 is 1.50 bits per heavy atom. The van der Waals surface area contributed by atoms with Gasteiger partial charge in [-0.25, -0.2) is 0 Å². The van der Waals surface area contributed by atoms with Crippen molar-refractivity contribution < 1.29 is 9.53 Å². The summed E-state index contributed by atoms with van der Waals surface area (Å²) in [4.78, 5) is 14.4. The Morgan fingerprint density at radius 3 is 2.67 bits per heavy atom. The maximum atomic E-state index is 12.5. The molecule has 0 aromatic rings. The summed E-state index contributed by atoms with van der Waals surface area (Å²) in [7, 11) is 1.69. The van der Waals surface area contributed by atoms with Gasteiger partial charge < -0.3 is 9.64 Å². The van der Waals surface area contributed by atoms with Crippen LogP contribution < -0.4 is 0 Å². The topological polar surface area (TPSA) is 53.3 Å². The highest BCUT2D eigenvalue weighted by Gasteiger charge is 2.39. The zero-order valence-electron chi connectivity index (χ0n) is 11.7. The molecule has 0 saturated carbocycles. The molecule has 4 nitrogen and oxygen atoms in total. The van der Waals surface area contributed by atoms with Crippen LogP contribution in [0.15, 0.2) is 0 Å². The fourth-order valence-corrected chi connectivity index (χ4v) is 2.68. The first kappa shape index (κ1) is 15.0. The van der Waals surface area contributed by atoms with Crippen molar-refractivity contribution in [2.75, 3.05) is 26.8 Å². The van der Waals surface area contributed by atoms with Crippen molar-refractivity contribution in [1.82, 2.24) is 4.90 Å². The van der Waals surface area contributed by atoms with Gasteiger partial charge in [-0.2, -0.15) is 5.26 Å². The number of ether oxygens (including phenoxy) is 1. The Balaban J connectivity index is 2.74. The van der Waals surface area contributed by atoms with Crippen LogP contribution in [0.4, 0.5) is 0 Å². The van der Waals surface area contributed by atoms with Crippen LogP contribution in [0, 0.1) is 22.7 Å². The molecular formula is C14H24N2O2. The number of carbonyl (C=O) groups is 1. The molecule has 1 rings (SSSR count). The van der Waals surface area contributed by atoms with E-state index in [1.54, 1.807) is 7.11 Å². The number of carbonyl (C=O) groups excluding carboxylic acids is 1. The molecule has 1 aliphatic heterocycles. The van der Waals surface area contributed by atoms with E-state index >= 15 is 0 Å². The smallest absolute Gasteiger partial charge is 0.243 e. The summed E-state index contributed by atoms with van der Waals surface area (Å²) in [5.41, 5.74) is -0.824. The Hall–Kier alpha value is -1.08. The molecule has 0 bridgehead atoms. The molecule has 1 fully saturated rings. The van der Waals surface area contributed by atoms with Crippen LogP contribution in [0.25, 0.3) is 0 Å². The molecule has 0 N–H and O–H groups in total. The minimum absolute atomic E-state index is 0.0100. The summed E-state index contributed by atoms with van der Waals surface area (Å²) in [6.45, 7) is 6.04. The van der Waals surface area contributed by atoms with Gasteiger partial charge >= 0.3 is 0 Å². The van der Waals surface area contributed by atoms with Gasteiger partial charge in [-0.1, -0.05) is 13.8 Å². The second-order valence-corrected chi connectivity index (χ2v) is 5.12. The first-order valence-electron chi connectivity index (χ1n) is 6.83. The highest BCUT2D eigenvalue weighted by molar-refractivity contribution is 5.85. The zero-order valence-corrected chi connectivity index (χ0v) is 11.7. The summed E-state index contributed by atoms with van der Waals surface area (Å²) < 4.78 is 5.17. The van der Waals surface area contributed by atoms with Crippen molar-refractivity contribution in [1.29, 1.82) is 5.26 Å². The fraction of sp³-hybridized carbons (Fsp3) is 0.857. The second kappa shape index (κ2) is 6.75. The van der Waals surface area contributed by atoms with Gasteiger partial charge in [0.1, 0.15) is 5.41 Å². The molecule has 1 amide bonds. The predicted molar refractivity (Wildman–Crippen MR) is 69.8 cm³/mol. The summed E-state index contributed by atoms with van der Waals surface area (Å²) in [5, 5.41) is 9.32. The zero-order chi connectivity index (χ0) is 13.6. The van der Waals surface area contributed by atoms with E-state index in [1.165, 1.54) is 0 Å². The van der Waals surface area contributed by atoms with E-state index in [9.17, 15) is 10.1 Å². The number of methoxy groups -OCH3 is 1. The third-order valence-electron chi connectivity index (χ3n) is 4.04. The molecule has 1 atom stereocenters. The van der Waals surface area contributed by atoms with E-state index < -0.39 is 5.41 Å². The molecule has 0 aromatic heterocycles. The third-order valence-corrected chi connectivity index (χ3v) is 4.04. The quantitative estimate of drug-likeness (QED) is 0.753. The monoisotopic (exact) mass is 252 g/mol. The molecule has 1 saturated heterocycles. The van der Waals surface area contributed by atoms with Crippen LogP contribution in [-0.2, 0) is 9.53 Å². The average molecular weight is 252 g/mol. The summed E-state index contributed by atoms with van der Waals surface area (Å²) >= 11 is 0. The molecule has 4 heteroatoms. The Kier molecular flexibility index (Phi) is 5.61. The van der Waals surface area contributed by atoms with Gasteiger partial charge in [-0.3, -0.25) is 4.79 Å². The second-order valence-electron chi connectivity index (χ2n) is 5.12. The summed E-state index contributed by atoms with van der Waals surface area (Å²) in [6, 6.07) is 2.24. The van der Waals surface area contributed by atoms with Crippen molar-refractivity contribution >= 4 is 5.91 Å². The molecule has 0 spiro atoms. The highest BCUT2D eigenvalue weighted by atomic mass is 16.5. The predicted octanol–water partition coefficient (Wildman–Crippen LogP) is 2.20. The molecule has 1 heterocycles. The largest absolute Gasteiger partial charge is 0.384 e. The number of amides is 1. The van der Waals surface area contributed by atoms with Crippen molar-refractivity contribution in [3.05, 3.63) is 0 Å². The number of piperidine rings is 1. The number of hydrogen-bond donors (Lipinski definition) is 0. The minimum atomic E-state index is -0.824. The lowest BCUT2D eigenvalue weighted by molar-refractivity contribution is -0.141. The minimum Gasteiger partial charge on any atom is -0.384 e. The maximum Gasteiger partial charge on any atom is 0.243 e. The number of nitrogens with zero attached hydrogens (tertiary/aromatic N) is 2. The highest BCUT2D eigenvalue weighted by Crippen LogP contribution is 2.30. The first-order chi connectivity index (χ1) is 8.63. The molecule has 0 aliphatic carbocycles. The van der Waals surface area contributed by atoms with E-state index in [-0.39, 0.29) is 5.91 Å². The fourth-order valence-electron chi connectivity index (χ4n) is 2.68. The first-order valence-corrected chi connectivity index (χ1v) is 6.83.